The van der Waals surface area contributed by atoms with Gasteiger partial charge in [0, 0.05) is 49.9 Å². The molecule has 21 heavy (non-hydrogen) atoms. The average Bonchev–Trinajstić information content (AvgIpc) is 3.21. The van der Waals surface area contributed by atoms with Gasteiger partial charge in [-0.25, -0.2) is 0 Å². The van der Waals surface area contributed by atoms with Crippen LogP contribution in [0.15, 0.2) is 16.7 Å². The van der Waals surface area contributed by atoms with Crippen LogP contribution in [0.5, 0.6) is 0 Å². The van der Waals surface area contributed by atoms with Crippen LogP contribution in [-0.2, 0) is 6.54 Å². The molecule has 116 valence electrons. The van der Waals surface area contributed by atoms with Crippen LogP contribution in [0.2, 0.25) is 0 Å². The minimum Gasteiger partial charge on any atom is -0.342 e. The zero-order chi connectivity index (χ0) is 14.8. The molecule has 2 aliphatic rings. The van der Waals surface area contributed by atoms with Gasteiger partial charge in [-0.05, 0) is 47.2 Å². The molecule has 2 heterocycles. The Morgan fingerprint density at radius 3 is 2.62 bits per heavy atom. The first-order chi connectivity index (χ1) is 10.2. The van der Waals surface area contributed by atoms with Crippen LogP contribution >= 0.6 is 15.9 Å². The highest BCUT2D eigenvalue weighted by molar-refractivity contribution is 9.10. The molecule has 5 heteroatoms. The van der Waals surface area contributed by atoms with E-state index < -0.39 is 0 Å². The maximum absolute atomic E-state index is 12.7. The van der Waals surface area contributed by atoms with Crippen molar-refractivity contribution < 1.29 is 4.79 Å². The van der Waals surface area contributed by atoms with Gasteiger partial charge in [0.25, 0.3) is 5.91 Å². The highest BCUT2D eigenvalue weighted by Crippen LogP contribution is 2.30. The quantitative estimate of drug-likeness (QED) is 0.814. The number of rotatable bonds is 5. The van der Waals surface area contributed by atoms with Crippen molar-refractivity contribution in [2.75, 3.05) is 32.7 Å². The molecule has 0 atom stereocenters. The van der Waals surface area contributed by atoms with Gasteiger partial charge in [0.05, 0.1) is 0 Å². The highest BCUT2D eigenvalue weighted by Gasteiger charge is 2.28. The minimum atomic E-state index is 0.181. The van der Waals surface area contributed by atoms with Crippen LogP contribution in [-0.4, -0.2) is 53.0 Å². The molecule has 1 aliphatic heterocycles. The van der Waals surface area contributed by atoms with Gasteiger partial charge in [-0.15, -0.1) is 0 Å². The number of hydrogen-bond acceptors (Lipinski definition) is 2. The lowest BCUT2D eigenvalue weighted by atomic mass is 10.2. The number of hydrogen-bond donors (Lipinski definition) is 0. The Morgan fingerprint density at radius 1 is 1.29 bits per heavy atom. The van der Waals surface area contributed by atoms with Gasteiger partial charge in [-0.3, -0.25) is 9.69 Å². The third kappa shape index (κ3) is 3.69. The summed E-state index contributed by atoms with van der Waals surface area (Å²) in [5, 5.41) is 0. The van der Waals surface area contributed by atoms with Gasteiger partial charge >= 0.3 is 0 Å². The Bertz CT molecular complexity index is 502. The molecule has 1 amide bonds. The summed E-state index contributed by atoms with van der Waals surface area (Å²) in [5.74, 6) is 1.12. The predicted octanol–water partition coefficient (Wildman–Crippen LogP) is 2.83. The molecular weight excluding hydrogens is 330 g/mol. The fourth-order valence-electron chi connectivity index (χ4n) is 3.04. The van der Waals surface area contributed by atoms with Crippen LogP contribution in [0.3, 0.4) is 0 Å². The lowest BCUT2D eigenvalue weighted by Gasteiger charge is -2.34. The Hall–Kier alpha value is -0.810. The second-order valence-corrected chi connectivity index (χ2v) is 7.19. The Balaban J connectivity index is 1.60. The molecule has 1 aromatic heterocycles. The highest BCUT2D eigenvalue weighted by atomic mass is 79.9. The molecule has 1 aliphatic carbocycles. The van der Waals surface area contributed by atoms with E-state index in [0.717, 1.165) is 55.2 Å². The first kappa shape index (κ1) is 15.1. The monoisotopic (exact) mass is 353 g/mol. The Morgan fingerprint density at radius 2 is 2.00 bits per heavy atom. The van der Waals surface area contributed by atoms with Gasteiger partial charge in [-0.1, -0.05) is 6.92 Å². The van der Waals surface area contributed by atoms with Gasteiger partial charge in [0.2, 0.25) is 0 Å². The van der Waals surface area contributed by atoms with E-state index >= 15 is 0 Å². The van der Waals surface area contributed by atoms with Gasteiger partial charge < -0.3 is 9.47 Å². The molecule has 0 N–H and O–H groups in total. The summed E-state index contributed by atoms with van der Waals surface area (Å²) in [4.78, 5) is 17.2. The standard InChI is InChI=1S/C16H24BrN3O/c1-2-5-20-12-14(17)10-15(20)16(21)19-8-6-18(7-9-19)11-13-3-4-13/h10,12-13H,2-9,11H2,1H3. The number of amides is 1. The van der Waals surface area contributed by atoms with Gasteiger partial charge in [0.1, 0.15) is 5.69 Å². The Kier molecular flexibility index (Phi) is 4.69. The molecule has 0 spiro atoms. The maximum Gasteiger partial charge on any atom is 0.270 e. The summed E-state index contributed by atoms with van der Waals surface area (Å²) >= 11 is 3.49. The van der Waals surface area contributed by atoms with E-state index in [1.54, 1.807) is 0 Å². The van der Waals surface area contributed by atoms with Gasteiger partial charge in [-0.2, -0.15) is 0 Å². The number of halogens is 1. The third-order valence-electron chi connectivity index (χ3n) is 4.42. The molecule has 1 saturated heterocycles. The normalized spacial score (nSPS) is 20.0. The van der Waals surface area contributed by atoms with E-state index in [-0.39, 0.29) is 5.91 Å². The number of piperazine rings is 1. The van der Waals surface area contributed by atoms with E-state index in [1.807, 2.05) is 17.2 Å². The topological polar surface area (TPSA) is 28.5 Å². The zero-order valence-electron chi connectivity index (χ0n) is 12.7. The van der Waals surface area contributed by atoms with Crippen molar-refractivity contribution in [3.05, 3.63) is 22.4 Å². The number of nitrogens with zero attached hydrogens (tertiary/aromatic N) is 3. The molecule has 3 rings (SSSR count). The molecule has 4 nitrogen and oxygen atoms in total. The zero-order valence-corrected chi connectivity index (χ0v) is 14.3. The number of carbonyl (C=O) groups excluding carboxylic acids is 1. The van der Waals surface area contributed by atoms with Crippen LogP contribution in [0.4, 0.5) is 0 Å². The first-order valence-corrected chi connectivity index (χ1v) is 8.84. The summed E-state index contributed by atoms with van der Waals surface area (Å²) in [6.07, 6.45) is 5.85. The second-order valence-electron chi connectivity index (χ2n) is 6.27. The predicted molar refractivity (Wildman–Crippen MR) is 87.5 cm³/mol. The summed E-state index contributed by atoms with van der Waals surface area (Å²) < 4.78 is 3.06. The summed E-state index contributed by atoms with van der Waals surface area (Å²) in [7, 11) is 0. The van der Waals surface area contributed by atoms with Crippen molar-refractivity contribution in [1.82, 2.24) is 14.4 Å². The van der Waals surface area contributed by atoms with Crippen molar-refractivity contribution in [3.8, 4) is 0 Å². The molecule has 0 aromatic carbocycles. The lowest BCUT2D eigenvalue weighted by molar-refractivity contribution is 0.0621. The largest absolute Gasteiger partial charge is 0.342 e. The molecular formula is C16H24BrN3O. The van der Waals surface area contributed by atoms with Crippen LogP contribution in [0.25, 0.3) is 0 Å². The van der Waals surface area contributed by atoms with E-state index in [2.05, 4.69) is 32.3 Å². The van der Waals surface area contributed by atoms with E-state index in [9.17, 15) is 4.79 Å². The van der Waals surface area contributed by atoms with Crippen molar-refractivity contribution in [2.45, 2.75) is 32.7 Å². The summed E-state index contributed by atoms with van der Waals surface area (Å²) in [5.41, 5.74) is 0.819. The summed E-state index contributed by atoms with van der Waals surface area (Å²) in [6, 6.07) is 1.95. The third-order valence-corrected chi connectivity index (χ3v) is 4.85. The number of aryl methyl sites for hydroxylation is 1. The van der Waals surface area contributed by atoms with Crippen LogP contribution in [0, 0.1) is 5.92 Å². The van der Waals surface area contributed by atoms with Crippen molar-refractivity contribution in [2.24, 2.45) is 5.92 Å². The lowest BCUT2D eigenvalue weighted by Crippen LogP contribution is -2.49. The molecule has 1 aromatic rings. The van der Waals surface area contributed by atoms with E-state index in [1.165, 1.54) is 19.4 Å². The van der Waals surface area contributed by atoms with Gasteiger partial charge in [0.15, 0.2) is 0 Å². The molecule has 0 radical (unpaired) electrons. The smallest absolute Gasteiger partial charge is 0.270 e. The molecule has 0 bridgehead atoms. The fraction of sp³-hybridized carbons (Fsp3) is 0.688. The molecule has 2 fully saturated rings. The van der Waals surface area contributed by atoms with Crippen molar-refractivity contribution in [3.63, 3.8) is 0 Å². The summed E-state index contributed by atoms with van der Waals surface area (Å²) in [6.45, 7) is 8.05. The average molecular weight is 354 g/mol. The van der Waals surface area contributed by atoms with Crippen LogP contribution < -0.4 is 0 Å². The van der Waals surface area contributed by atoms with Crippen molar-refractivity contribution in [1.29, 1.82) is 0 Å². The van der Waals surface area contributed by atoms with Crippen molar-refractivity contribution >= 4 is 21.8 Å². The molecule has 1 saturated carbocycles. The van der Waals surface area contributed by atoms with Crippen LogP contribution in [0.1, 0.15) is 36.7 Å². The number of carbonyl (C=O) groups is 1. The SMILES string of the molecule is CCCn1cc(Br)cc1C(=O)N1CCN(CC2CC2)CC1. The fourth-order valence-corrected chi connectivity index (χ4v) is 3.50. The van der Waals surface area contributed by atoms with E-state index in [4.69, 9.17) is 0 Å². The maximum atomic E-state index is 12.7. The van der Waals surface area contributed by atoms with E-state index in [0.29, 0.717) is 0 Å². The first-order valence-electron chi connectivity index (χ1n) is 8.04. The molecule has 0 unspecified atom stereocenters. The Labute approximate surface area is 135 Å². The second kappa shape index (κ2) is 6.53. The minimum absolute atomic E-state index is 0.181. The number of aromatic nitrogens is 1.